The summed E-state index contributed by atoms with van der Waals surface area (Å²) in [5.41, 5.74) is 1.30. The highest BCUT2D eigenvalue weighted by molar-refractivity contribution is 7.92. The van der Waals surface area contributed by atoms with Gasteiger partial charge in [0, 0.05) is 49.7 Å². The van der Waals surface area contributed by atoms with Crippen molar-refractivity contribution in [1.29, 1.82) is 0 Å². The van der Waals surface area contributed by atoms with Gasteiger partial charge >= 0.3 is 6.03 Å². The van der Waals surface area contributed by atoms with Crippen LogP contribution in [0.2, 0.25) is 0 Å². The molecule has 14 heteroatoms. The number of aliphatic hydroxyl groups excluding tert-OH is 1. The minimum Gasteiger partial charge on any atom is -0.497 e. The molecule has 1 aliphatic rings. The van der Waals surface area contributed by atoms with Crippen LogP contribution in [0.4, 0.5) is 16.2 Å². The highest BCUT2D eigenvalue weighted by Gasteiger charge is 2.32. The molecular formula is C29H38N6O7S. The lowest BCUT2D eigenvalue weighted by Gasteiger charge is -2.34. The number of amides is 3. The lowest BCUT2D eigenvalue weighted by Crippen LogP contribution is -2.48. The lowest BCUT2D eigenvalue weighted by molar-refractivity contribution is -0.134. The Kier molecular flexibility index (Phi) is 9.81. The van der Waals surface area contributed by atoms with Gasteiger partial charge in [0.05, 0.1) is 39.1 Å². The third-order valence-corrected chi connectivity index (χ3v) is 8.53. The number of sulfonamides is 1. The first-order chi connectivity index (χ1) is 20.4. The van der Waals surface area contributed by atoms with E-state index in [1.807, 2.05) is 6.92 Å². The van der Waals surface area contributed by atoms with E-state index in [0.717, 1.165) is 0 Å². The van der Waals surface area contributed by atoms with Crippen molar-refractivity contribution in [2.75, 3.05) is 43.9 Å². The number of imidazole rings is 1. The Hall–Kier alpha value is -4.30. The molecule has 1 aromatic heterocycles. The predicted molar refractivity (Wildman–Crippen MR) is 161 cm³/mol. The fourth-order valence-corrected chi connectivity index (χ4v) is 5.72. The zero-order chi connectivity index (χ0) is 31.3. The number of likely N-dealkylation sites (N-methyl/N-ethyl adjacent to an activating group) is 1. The maximum absolute atomic E-state index is 13.5. The van der Waals surface area contributed by atoms with E-state index in [-0.39, 0.29) is 54.7 Å². The Morgan fingerprint density at radius 1 is 1.23 bits per heavy atom. The molecule has 0 unspecified atom stereocenters. The van der Waals surface area contributed by atoms with Gasteiger partial charge in [-0.15, -0.1) is 0 Å². The number of methoxy groups -OCH3 is 1. The van der Waals surface area contributed by atoms with Gasteiger partial charge in [0.2, 0.25) is 5.91 Å². The van der Waals surface area contributed by atoms with Crippen LogP contribution in [0.1, 0.15) is 19.4 Å². The number of aryl methyl sites for hydroxylation is 1. The summed E-state index contributed by atoms with van der Waals surface area (Å²) in [5, 5.41) is 12.6. The standard InChI is InChI=1S/C29H38N6O7S/c1-19-14-35(20(2)17-36)28(37)13-21-12-23(32-43(39,40)27-16-33(3)18-30-27)8-11-25(21)42-26(19)15-34(4)29(38)31-22-6-9-24(41-5)10-7-22/h6-12,16,18-20,26,32,36H,13-15,17H2,1-5H3,(H,31,38)/t19-,20-,26-/m0/s1. The molecule has 3 atom stereocenters. The molecule has 1 aliphatic heterocycles. The summed E-state index contributed by atoms with van der Waals surface area (Å²) in [6.45, 7) is 3.92. The number of hydrogen-bond acceptors (Lipinski definition) is 8. The fourth-order valence-electron chi connectivity index (χ4n) is 4.69. The van der Waals surface area contributed by atoms with Gasteiger partial charge in [0.1, 0.15) is 17.6 Å². The van der Waals surface area contributed by atoms with E-state index in [1.165, 1.54) is 22.0 Å². The summed E-state index contributed by atoms with van der Waals surface area (Å²) in [7, 11) is 0.913. The molecule has 43 heavy (non-hydrogen) atoms. The Labute approximate surface area is 251 Å². The first kappa shape index (κ1) is 31.6. The molecule has 3 amide bonds. The van der Waals surface area contributed by atoms with Crippen LogP contribution in [0.25, 0.3) is 0 Å². The number of carbonyl (C=O) groups excluding carboxylic acids is 2. The van der Waals surface area contributed by atoms with Gasteiger partial charge in [-0.1, -0.05) is 6.92 Å². The molecule has 2 heterocycles. The molecule has 0 saturated heterocycles. The summed E-state index contributed by atoms with van der Waals surface area (Å²) < 4.78 is 41.4. The number of aromatic nitrogens is 2. The summed E-state index contributed by atoms with van der Waals surface area (Å²) >= 11 is 0. The maximum Gasteiger partial charge on any atom is 0.321 e. The average molecular weight is 615 g/mol. The summed E-state index contributed by atoms with van der Waals surface area (Å²) in [4.78, 5) is 33.5. The first-order valence-electron chi connectivity index (χ1n) is 13.8. The Morgan fingerprint density at radius 2 is 1.93 bits per heavy atom. The number of ether oxygens (including phenoxy) is 2. The molecule has 0 radical (unpaired) electrons. The summed E-state index contributed by atoms with van der Waals surface area (Å²) in [6.07, 6.45) is 2.15. The van der Waals surface area contributed by atoms with E-state index in [1.54, 1.807) is 75.5 Å². The molecule has 0 saturated carbocycles. The number of rotatable bonds is 9. The number of carbonyl (C=O) groups is 2. The second kappa shape index (κ2) is 13.3. The van der Waals surface area contributed by atoms with Crippen LogP contribution < -0.4 is 19.5 Å². The van der Waals surface area contributed by atoms with Crippen LogP contribution in [-0.2, 0) is 28.3 Å². The fraction of sp³-hybridized carbons (Fsp3) is 0.414. The molecule has 3 aromatic rings. The molecule has 3 N–H and O–H groups in total. The molecular weight excluding hydrogens is 576 g/mol. The van der Waals surface area contributed by atoms with Crippen molar-refractivity contribution >= 4 is 33.3 Å². The number of anilines is 2. The van der Waals surface area contributed by atoms with Gasteiger partial charge < -0.3 is 34.3 Å². The van der Waals surface area contributed by atoms with E-state index < -0.39 is 22.2 Å². The first-order valence-corrected chi connectivity index (χ1v) is 15.2. The largest absolute Gasteiger partial charge is 0.497 e. The van der Waals surface area contributed by atoms with Crippen LogP contribution in [0, 0.1) is 5.92 Å². The quantitative estimate of drug-likeness (QED) is 0.332. The van der Waals surface area contributed by atoms with Crippen molar-refractivity contribution in [3.8, 4) is 11.5 Å². The molecule has 0 bridgehead atoms. The second-order valence-corrected chi connectivity index (χ2v) is 12.4. The number of benzene rings is 2. The molecule has 0 spiro atoms. The van der Waals surface area contributed by atoms with Crippen molar-refractivity contribution in [1.82, 2.24) is 19.4 Å². The van der Waals surface area contributed by atoms with Crippen molar-refractivity contribution in [2.45, 2.75) is 37.4 Å². The van der Waals surface area contributed by atoms with Gasteiger partial charge in [-0.25, -0.2) is 9.78 Å². The maximum atomic E-state index is 13.5. The molecule has 2 aromatic carbocycles. The zero-order valence-electron chi connectivity index (χ0n) is 24.9. The highest BCUT2D eigenvalue weighted by Crippen LogP contribution is 2.30. The van der Waals surface area contributed by atoms with Gasteiger partial charge in [-0.05, 0) is 49.4 Å². The van der Waals surface area contributed by atoms with Crippen molar-refractivity contribution in [3.05, 3.63) is 60.6 Å². The van der Waals surface area contributed by atoms with Crippen molar-refractivity contribution in [3.63, 3.8) is 0 Å². The van der Waals surface area contributed by atoms with E-state index >= 15 is 0 Å². The minimum atomic E-state index is -3.97. The van der Waals surface area contributed by atoms with Crippen molar-refractivity contribution < 1.29 is 32.6 Å². The SMILES string of the molecule is COc1ccc(NC(=O)N(C)C[C@@H]2Oc3ccc(NS(=O)(=O)c4cn(C)cn4)cc3CC(=O)N([C@@H](C)CO)C[C@@H]2C)cc1. The van der Waals surface area contributed by atoms with Gasteiger partial charge in [0.15, 0.2) is 5.03 Å². The monoisotopic (exact) mass is 614 g/mol. The second-order valence-electron chi connectivity index (χ2n) is 10.7. The van der Waals surface area contributed by atoms with Gasteiger partial charge in [-0.2, -0.15) is 8.42 Å². The Balaban J connectivity index is 1.59. The molecule has 232 valence electrons. The number of nitrogens with one attached hydrogen (secondary N) is 2. The lowest BCUT2D eigenvalue weighted by atomic mass is 10.0. The van der Waals surface area contributed by atoms with E-state index in [4.69, 9.17) is 9.47 Å². The smallest absolute Gasteiger partial charge is 0.321 e. The minimum absolute atomic E-state index is 0.0773. The molecule has 0 aliphatic carbocycles. The van der Waals surface area contributed by atoms with Crippen LogP contribution in [0.15, 0.2) is 60.0 Å². The number of aliphatic hydroxyl groups is 1. The van der Waals surface area contributed by atoms with Gasteiger partial charge in [0.25, 0.3) is 10.0 Å². The van der Waals surface area contributed by atoms with E-state index in [0.29, 0.717) is 22.7 Å². The Bertz CT molecular complexity index is 1540. The van der Waals surface area contributed by atoms with Crippen LogP contribution >= 0.6 is 0 Å². The predicted octanol–water partition coefficient (Wildman–Crippen LogP) is 2.54. The number of fused-ring (bicyclic) bond motifs is 1. The average Bonchev–Trinajstić information content (AvgIpc) is 3.44. The third-order valence-electron chi connectivity index (χ3n) is 7.27. The zero-order valence-corrected chi connectivity index (χ0v) is 25.7. The van der Waals surface area contributed by atoms with Crippen molar-refractivity contribution in [2.24, 2.45) is 13.0 Å². The number of hydrogen-bond donors (Lipinski definition) is 3. The normalized spacial score (nSPS) is 17.9. The van der Waals surface area contributed by atoms with Gasteiger partial charge in [-0.3, -0.25) is 9.52 Å². The van der Waals surface area contributed by atoms with Crippen LogP contribution in [0.5, 0.6) is 11.5 Å². The van der Waals surface area contributed by atoms with Crippen LogP contribution in [0.3, 0.4) is 0 Å². The number of urea groups is 1. The topological polar surface area (TPSA) is 155 Å². The summed E-state index contributed by atoms with van der Waals surface area (Å²) in [6, 6.07) is 10.9. The number of nitrogens with zero attached hydrogens (tertiary/aromatic N) is 4. The molecule has 4 rings (SSSR count). The Morgan fingerprint density at radius 3 is 2.56 bits per heavy atom. The summed E-state index contributed by atoms with van der Waals surface area (Å²) in [5.74, 6) is 0.590. The molecule has 13 nitrogen and oxygen atoms in total. The highest BCUT2D eigenvalue weighted by atomic mass is 32.2. The van der Waals surface area contributed by atoms with E-state index in [9.17, 15) is 23.1 Å². The van der Waals surface area contributed by atoms with Crippen LogP contribution in [-0.4, -0.2) is 90.8 Å². The molecule has 0 fully saturated rings. The van der Waals surface area contributed by atoms with E-state index in [2.05, 4.69) is 15.0 Å². The third kappa shape index (κ3) is 7.76.